The topological polar surface area (TPSA) is 87.2 Å². The normalized spacial score (nSPS) is 15.3. The van der Waals surface area contributed by atoms with Crippen LogP contribution in [0.3, 0.4) is 0 Å². The first-order valence-corrected chi connectivity index (χ1v) is 34.3. The molecule has 13 aromatic carbocycles. The summed E-state index contributed by atoms with van der Waals surface area (Å²) in [6.45, 7) is 0. The monoisotopic (exact) mass is 1280 g/mol. The third-order valence-corrected chi connectivity index (χ3v) is 21.3. The van der Waals surface area contributed by atoms with Crippen LogP contribution in [0.25, 0.3) is 123 Å². The lowest BCUT2D eigenvalue weighted by atomic mass is 9.62. The van der Waals surface area contributed by atoms with Gasteiger partial charge in [0.1, 0.15) is 0 Å². The van der Waals surface area contributed by atoms with Crippen molar-refractivity contribution >= 4 is 43.6 Å². The summed E-state index contributed by atoms with van der Waals surface area (Å²) in [5.74, 6) is 3.74. The molecule has 4 aromatic heterocycles. The van der Waals surface area contributed by atoms with E-state index < -0.39 is 10.8 Å². The summed E-state index contributed by atoms with van der Waals surface area (Å²) in [5.41, 5.74) is 20.6. The largest absolute Gasteiger partial charge is 0.278 e. The lowest BCUT2D eigenvalue weighted by molar-refractivity contribution is 0.458. The van der Waals surface area contributed by atoms with Gasteiger partial charge in [-0.1, -0.05) is 309 Å². The molecule has 0 saturated carbocycles. The van der Waals surface area contributed by atoms with Gasteiger partial charge in [-0.15, -0.1) is 0 Å². The minimum atomic E-state index is -0.775. The van der Waals surface area contributed by atoms with Gasteiger partial charge in [0.05, 0.1) is 32.9 Å². The summed E-state index contributed by atoms with van der Waals surface area (Å²) >= 11 is 0. The molecule has 0 radical (unpaired) electrons. The molecule has 0 amide bonds. The fourth-order valence-corrected chi connectivity index (χ4v) is 17.1. The molecular weight excluding hydrogens is 1220 g/mol. The quantitative estimate of drug-likeness (QED) is 0.128. The van der Waals surface area contributed by atoms with Crippen LogP contribution in [0.2, 0.25) is 0 Å². The molecule has 3 aliphatic carbocycles. The van der Waals surface area contributed by atoms with Crippen molar-refractivity contribution in [2.45, 2.75) is 16.7 Å². The summed E-state index contributed by atoms with van der Waals surface area (Å²) in [4.78, 5) is 32.4. The Morgan fingerprint density at radius 2 is 0.720 bits per heavy atom. The molecule has 0 N–H and O–H groups in total. The fraction of sp³-hybridized carbons (Fsp3) is 0.0435. The van der Waals surface area contributed by atoms with Crippen molar-refractivity contribution < 1.29 is 0 Å². The average molecular weight is 1280 g/mol. The van der Waals surface area contributed by atoms with Gasteiger partial charge in [-0.25, -0.2) is 9.97 Å². The minimum absolute atomic E-state index is 0.127. The highest BCUT2D eigenvalue weighted by Gasteiger charge is 2.54. The first-order valence-electron chi connectivity index (χ1n) is 34.3. The summed E-state index contributed by atoms with van der Waals surface area (Å²) in [7, 11) is 0. The molecule has 8 heteroatoms. The van der Waals surface area contributed by atoms with Gasteiger partial charge in [-0.3, -0.25) is 9.13 Å². The van der Waals surface area contributed by atoms with Crippen LogP contribution in [-0.2, 0) is 10.8 Å². The number of benzene rings is 13. The zero-order chi connectivity index (χ0) is 65.9. The maximum atomic E-state index is 5.63. The van der Waals surface area contributed by atoms with Gasteiger partial charge in [0, 0.05) is 55.6 Å². The summed E-state index contributed by atoms with van der Waals surface area (Å²) in [5, 5.41) is 4.56. The zero-order valence-electron chi connectivity index (χ0n) is 54.2. The Balaban J connectivity index is 0.780. The van der Waals surface area contributed by atoms with E-state index in [4.69, 9.17) is 29.9 Å². The van der Waals surface area contributed by atoms with E-state index in [-0.39, 0.29) is 11.8 Å². The molecule has 0 bridgehead atoms. The second-order valence-corrected chi connectivity index (χ2v) is 26.4. The molecule has 2 unspecified atom stereocenters. The summed E-state index contributed by atoms with van der Waals surface area (Å²) in [6, 6.07) is 118. The van der Waals surface area contributed by atoms with Gasteiger partial charge in [0.2, 0.25) is 11.9 Å². The summed E-state index contributed by atoms with van der Waals surface area (Å²) in [6.07, 6.45) is 9.32. The predicted octanol–water partition coefficient (Wildman–Crippen LogP) is 21.1. The lowest BCUT2D eigenvalue weighted by Gasteiger charge is -2.39. The standard InChI is InChI=1S/C92H60N8/c1-8-29-59(30-9-1)85-93-86(60-31-10-2-11-32-60)97-90(96-85)100-79-49-26-23-46-71(79)75-57-74-70-52-51-63(56-77(70)91(78(74)58-82(75)100,65-37-14-4-15-38-65)66-39-16-5-17-40-66)62-35-28-36-64(55-62)88-94-87(61-33-12-3-13-34-61)95-89(98-88)99-80-50-27-24-47-73(80)83-81(99)54-53-72-69-45-22-25-48-76(69)92(84(72)83,67-41-18-6-19-42-67)68-43-20-7-21-44-68/h1-58,69,76H. The van der Waals surface area contributed by atoms with Gasteiger partial charge in [-0.2, -0.15) is 19.9 Å². The van der Waals surface area contributed by atoms with Gasteiger partial charge >= 0.3 is 0 Å². The van der Waals surface area contributed by atoms with Crippen LogP contribution in [-0.4, -0.2) is 39.0 Å². The number of hydrogen-bond acceptors (Lipinski definition) is 6. The number of hydrogen-bond donors (Lipinski definition) is 0. The number of allylic oxidation sites excluding steroid dienone is 4. The van der Waals surface area contributed by atoms with Crippen LogP contribution < -0.4 is 0 Å². The first-order chi connectivity index (χ1) is 49.6. The van der Waals surface area contributed by atoms with Crippen LogP contribution in [0.15, 0.2) is 352 Å². The molecule has 0 saturated heterocycles. The first kappa shape index (κ1) is 57.2. The van der Waals surface area contributed by atoms with E-state index in [1.165, 1.54) is 49.9 Å². The van der Waals surface area contributed by atoms with Crippen molar-refractivity contribution in [1.29, 1.82) is 0 Å². The second kappa shape index (κ2) is 22.8. The van der Waals surface area contributed by atoms with Crippen LogP contribution in [0, 0.1) is 5.92 Å². The third kappa shape index (κ3) is 8.60. The Kier molecular flexibility index (Phi) is 13.0. The number of fused-ring (bicyclic) bond motifs is 13. The fourth-order valence-electron chi connectivity index (χ4n) is 17.1. The molecule has 8 nitrogen and oxygen atoms in total. The van der Waals surface area contributed by atoms with Crippen LogP contribution in [0.5, 0.6) is 0 Å². The maximum absolute atomic E-state index is 5.63. The number of aromatic nitrogens is 8. The number of rotatable bonds is 11. The van der Waals surface area contributed by atoms with Crippen LogP contribution >= 0.6 is 0 Å². The molecule has 2 atom stereocenters. The van der Waals surface area contributed by atoms with Crippen molar-refractivity contribution in [3.63, 3.8) is 0 Å². The lowest BCUT2D eigenvalue weighted by Crippen LogP contribution is -2.35. The van der Waals surface area contributed by atoms with E-state index >= 15 is 0 Å². The smallest absolute Gasteiger partial charge is 0.238 e. The van der Waals surface area contributed by atoms with Crippen molar-refractivity contribution in [3.8, 4) is 79.7 Å². The summed E-state index contributed by atoms with van der Waals surface area (Å²) < 4.78 is 4.53. The molecule has 17 aromatic rings. The SMILES string of the molecule is C1=CC2c3ccc4c(c3C(c3ccccc3)(c3ccccc3)C2C=C1)c1ccccc1n4-c1nc(-c2ccccc2)nc(-c2cccc(-c3ccc4c(c3)C(c3ccccc3)(c3ccccc3)c3cc5c(cc3-4)c3ccccc3n5-c3nc(-c4ccccc4)nc(-c4ccccc4)n3)c2)n1. The van der Waals surface area contributed by atoms with E-state index in [2.05, 4.69) is 319 Å². The van der Waals surface area contributed by atoms with E-state index in [0.717, 1.165) is 82.7 Å². The van der Waals surface area contributed by atoms with Crippen molar-refractivity contribution in [2.75, 3.05) is 0 Å². The Hall–Kier alpha value is -13.0. The average Bonchev–Trinajstić information content (AvgIpc) is 1.53. The molecule has 0 spiro atoms. The molecule has 0 fully saturated rings. The molecule has 100 heavy (non-hydrogen) atoms. The van der Waals surface area contributed by atoms with E-state index in [1.807, 2.05) is 42.5 Å². The van der Waals surface area contributed by atoms with E-state index in [9.17, 15) is 0 Å². The molecule has 3 aliphatic rings. The molecule has 0 aliphatic heterocycles. The molecule has 468 valence electrons. The van der Waals surface area contributed by atoms with E-state index in [0.29, 0.717) is 35.2 Å². The molecular formula is C92H60N8. The highest BCUT2D eigenvalue weighted by Crippen LogP contribution is 2.63. The molecule has 4 heterocycles. The Labute approximate surface area is 578 Å². The highest BCUT2D eigenvalue weighted by molar-refractivity contribution is 6.14. The van der Waals surface area contributed by atoms with Crippen molar-refractivity contribution in [2.24, 2.45) is 5.92 Å². The Morgan fingerprint density at radius 1 is 0.280 bits per heavy atom. The third-order valence-electron chi connectivity index (χ3n) is 21.3. The van der Waals surface area contributed by atoms with Gasteiger partial charge < -0.3 is 0 Å². The predicted molar refractivity (Wildman–Crippen MR) is 404 cm³/mol. The van der Waals surface area contributed by atoms with Crippen LogP contribution in [0.1, 0.15) is 50.4 Å². The molecule has 20 rings (SSSR count). The van der Waals surface area contributed by atoms with Gasteiger partial charge in [-0.05, 0) is 109 Å². The highest BCUT2D eigenvalue weighted by atomic mass is 15.2. The van der Waals surface area contributed by atoms with Gasteiger partial charge in [0.15, 0.2) is 23.3 Å². The van der Waals surface area contributed by atoms with Crippen molar-refractivity contribution in [1.82, 2.24) is 39.0 Å². The van der Waals surface area contributed by atoms with Crippen molar-refractivity contribution in [3.05, 3.63) is 396 Å². The second-order valence-electron chi connectivity index (χ2n) is 26.4. The van der Waals surface area contributed by atoms with Crippen LogP contribution in [0.4, 0.5) is 0 Å². The van der Waals surface area contributed by atoms with Gasteiger partial charge in [0.25, 0.3) is 0 Å². The Morgan fingerprint density at radius 3 is 1.29 bits per heavy atom. The Bertz CT molecular complexity index is 6010. The maximum Gasteiger partial charge on any atom is 0.238 e. The zero-order valence-corrected chi connectivity index (χ0v) is 54.2. The minimum Gasteiger partial charge on any atom is -0.278 e. The van der Waals surface area contributed by atoms with E-state index in [1.54, 1.807) is 0 Å². The number of nitrogens with zero attached hydrogens (tertiary/aromatic N) is 8. The number of para-hydroxylation sites is 2.